The molecule has 3 rings (SSSR count). The van der Waals surface area contributed by atoms with Crippen LogP contribution in [0.1, 0.15) is 26.3 Å². The van der Waals surface area contributed by atoms with Crippen molar-refractivity contribution in [2.24, 2.45) is 5.73 Å². The minimum absolute atomic E-state index is 0.256. The second-order valence-electron chi connectivity index (χ2n) is 5.81. The zero-order valence-electron chi connectivity index (χ0n) is 14.3. The number of ether oxygens (including phenoxy) is 1. The number of halogens is 1. The van der Waals surface area contributed by atoms with Crippen LogP contribution in [-0.2, 0) is 6.61 Å². The minimum Gasteiger partial charge on any atom is -0.489 e. The van der Waals surface area contributed by atoms with Crippen LogP contribution in [0.4, 0.5) is 5.69 Å². The van der Waals surface area contributed by atoms with Crippen molar-refractivity contribution < 1.29 is 14.3 Å². The molecule has 0 saturated carbocycles. The highest BCUT2D eigenvalue weighted by Crippen LogP contribution is 2.19. The number of hydrogen-bond acceptors (Lipinski definition) is 3. The Balaban J connectivity index is 1.71. The number of hydrogen-bond donors (Lipinski definition) is 2. The van der Waals surface area contributed by atoms with Crippen molar-refractivity contribution in [3.05, 3.63) is 94.5 Å². The molecule has 0 unspecified atom stereocenters. The summed E-state index contributed by atoms with van der Waals surface area (Å²) < 4.78 is 5.70. The van der Waals surface area contributed by atoms with Gasteiger partial charge in [0.05, 0.1) is 11.3 Å². The molecule has 0 heterocycles. The van der Waals surface area contributed by atoms with Crippen LogP contribution >= 0.6 is 11.6 Å². The number of carbonyl (C=O) groups excluding carboxylic acids is 2. The Morgan fingerprint density at radius 1 is 0.963 bits per heavy atom. The third-order valence-corrected chi connectivity index (χ3v) is 4.07. The summed E-state index contributed by atoms with van der Waals surface area (Å²) in [6, 6.07) is 20.7. The Morgan fingerprint density at radius 2 is 1.74 bits per heavy atom. The quantitative estimate of drug-likeness (QED) is 0.670. The van der Waals surface area contributed by atoms with Crippen LogP contribution < -0.4 is 15.8 Å². The van der Waals surface area contributed by atoms with E-state index in [4.69, 9.17) is 22.1 Å². The third-order valence-electron chi connectivity index (χ3n) is 3.83. The third kappa shape index (κ3) is 4.86. The van der Waals surface area contributed by atoms with Gasteiger partial charge in [-0.15, -0.1) is 0 Å². The number of benzene rings is 3. The molecule has 0 aliphatic carbocycles. The van der Waals surface area contributed by atoms with Crippen molar-refractivity contribution in [1.82, 2.24) is 0 Å². The molecule has 3 aromatic rings. The van der Waals surface area contributed by atoms with Crippen LogP contribution in [0.25, 0.3) is 0 Å². The number of amides is 2. The van der Waals surface area contributed by atoms with Gasteiger partial charge in [0.15, 0.2) is 0 Å². The fourth-order valence-corrected chi connectivity index (χ4v) is 2.71. The van der Waals surface area contributed by atoms with Crippen LogP contribution in [0, 0.1) is 0 Å². The van der Waals surface area contributed by atoms with Crippen molar-refractivity contribution in [1.29, 1.82) is 0 Å². The summed E-state index contributed by atoms with van der Waals surface area (Å²) >= 11 is 5.94. The fourth-order valence-electron chi connectivity index (χ4n) is 2.53. The van der Waals surface area contributed by atoms with E-state index in [2.05, 4.69) is 5.32 Å². The van der Waals surface area contributed by atoms with E-state index >= 15 is 0 Å². The molecule has 0 fully saturated rings. The second-order valence-corrected chi connectivity index (χ2v) is 6.25. The molecular formula is C21H17ClN2O3. The van der Waals surface area contributed by atoms with Gasteiger partial charge >= 0.3 is 0 Å². The molecule has 3 aromatic carbocycles. The molecule has 2 amide bonds. The molecule has 0 bridgehead atoms. The molecule has 27 heavy (non-hydrogen) atoms. The summed E-state index contributed by atoms with van der Waals surface area (Å²) in [5.41, 5.74) is 7.24. The van der Waals surface area contributed by atoms with E-state index in [1.165, 1.54) is 0 Å². The monoisotopic (exact) mass is 380 g/mol. The van der Waals surface area contributed by atoms with Gasteiger partial charge in [-0.05, 0) is 48.0 Å². The first kappa shape index (κ1) is 18.5. The van der Waals surface area contributed by atoms with Gasteiger partial charge in [0, 0.05) is 10.6 Å². The van der Waals surface area contributed by atoms with Gasteiger partial charge in [-0.2, -0.15) is 0 Å². The summed E-state index contributed by atoms with van der Waals surface area (Å²) in [6.45, 7) is 0.291. The first-order valence-electron chi connectivity index (χ1n) is 8.20. The average molecular weight is 381 g/mol. The molecule has 0 aromatic heterocycles. The summed E-state index contributed by atoms with van der Waals surface area (Å²) in [7, 11) is 0. The number of primary amides is 1. The van der Waals surface area contributed by atoms with Gasteiger partial charge in [0.1, 0.15) is 12.4 Å². The molecule has 6 heteroatoms. The number of carbonyl (C=O) groups is 2. The molecule has 136 valence electrons. The first-order chi connectivity index (χ1) is 13.0. The topological polar surface area (TPSA) is 81.4 Å². The van der Waals surface area contributed by atoms with E-state index in [9.17, 15) is 9.59 Å². The van der Waals surface area contributed by atoms with E-state index in [0.29, 0.717) is 28.6 Å². The zero-order valence-corrected chi connectivity index (χ0v) is 15.1. The predicted octanol–water partition coefficient (Wildman–Crippen LogP) is 4.27. The lowest BCUT2D eigenvalue weighted by molar-refractivity contribution is 0.100. The highest BCUT2D eigenvalue weighted by Gasteiger charge is 2.12. The lowest BCUT2D eigenvalue weighted by atomic mass is 10.1. The Morgan fingerprint density at radius 3 is 2.52 bits per heavy atom. The fraction of sp³-hybridized carbons (Fsp3) is 0.0476. The molecule has 0 radical (unpaired) electrons. The minimum atomic E-state index is -0.602. The molecule has 5 nitrogen and oxygen atoms in total. The highest BCUT2D eigenvalue weighted by molar-refractivity contribution is 6.30. The van der Waals surface area contributed by atoms with E-state index in [-0.39, 0.29) is 11.5 Å². The van der Waals surface area contributed by atoms with Crippen molar-refractivity contribution in [3.63, 3.8) is 0 Å². The van der Waals surface area contributed by atoms with Gasteiger partial charge < -0.3 is 15.8 Å². The van der Waals surface area contributed by atoms with Crippen LogP contribution in [0.5, 0.6) is 5.75 Å². The van der Waals surface area contributed by atoms with Crippen LogP contribution in [0.2, 0.25) is 5.02 Å². The molecular weight excluding hydrogens is 364 g/mol. The van der Waals surface area contributed by atoms with Crippen molar-refractivity contribution in [3.8, 4) is 5.75 Å². The van der Waals surface area contributed by atoms with Gasteiger partial charge in [-0.1, -0.05) is 41.9 Å². The molecule has 3 N–H and O–H groups in total. The van der Waals surface area contributed by atoms with E-state index < -0.39 is 5.91 Å². The van der Waals surface area contributed by atoms with Crippen molar-refractivity contribution >= 4 is 29.1 Å². The number of nitrogens with two attached hydrogens (primary N) is 1. The average Bonchev–Trinajstić information content (AvgIpc) is 2.67. The number of anilines is 1. The SMILES string of the molecule is NC(=O)c1ccccc1NC(=O)c1cccc(COc2cccc(Cl)c2)c1. The maximum Gasteiger partial charge on any atom is 0.255 e. The molecule has 0 aliphatic heterocycles. The van der Waals surface area contributed by atoms with Crippen LogP contribution in [-0.4, -0.2) is 11.8 Å². The molecule has 0 saturated heterocycles. The Bertz CT molecular complexity index is 988. The van der Waals surface area contributed by atoms with Gasteiger partial charge in [0.2, 0.25) is 0 Å². The Labute approximate surface area is 161 Å². The lowest BCUT2D eigenvalue weighted by Gasteiger charge is -2.10. The highest BCUT2D eigenvalue weighted by atomic mass is 35.5. The summed E-state index contributed by atoms with van der Waals surface area (Å²) in [5.74, 6) is -0.296. The molecule has 0 spiro atoms. The molecule has 0 aliphatic rings. The summed E-state index contributed by atoms with van der Waals surface area (Å²) in [6.07, 6.45) is 0. The zero-order chi connectivity index (χ0) is 19.2. The Hall–Kier alpha value is -3.31. The standard InChI is InChI=1S/C21H17ClN2O3/c22-16-7-4-8-17(12-16)27-13-14-5-3-6-15(11-14)21(26)24-19-10-2-1-9-18(19)20(23)25/h1-12H,13H2,(H2,23,25)(H,24,26). The lowest BCUT2D eigenvalue weighted by Crippen LogP contribution is -2.18. The maximum atomic E-state index is 12.5. The van der Waals surface area contributed by atoms with Gasteiger partial charge in [0.25, 0.3) is 11.8 Å². The first-order valence-corrected chi connectivity index (χ1v) is 8.58. The second kappa shape index (κ2) is 8.38. The summed E-state index contributed by atoms with van der Waals surface area (Å²) in [5, 5.41) is 3.31. The van der Waals surface area contributed by atoms with Crippen molar-refractivity contribution in [2.45, 2.75) is 6.61 Å². The number of rotatable bonds is 6. The van der Waals surface area contributed by atoms with E-state index in [0.717, 1.165) is 5.56 Å². The van der Waals surface area contributed by atoms with Gasteiger partial charge in [-0.25, -0.2) is 0 Å². The van der Waals surface area contributed by atoms with E-state index in [1.807, 2.05) is 12.1 Å². The predicted molar refractivity (Wildman–Crippen MR) is 105 cm³/mol. The Kier molecular flexibility index (Phi) is 5.74. The normalized spacial score (nSPS) is 10.3. The van der Waals surface area contributed by atoms with Crippen molar-refractivity contribution in [2.75, 3.05) is 5.32 Å². The largest absolute Gasteiger partial charge is 0.489 e. The summed E-state index contributed by atoms with van der Waals surface area (Å²) in [4.78, 5) is 24.0. The number of nitrogens with one attached hydrogen (secondary N) is 1. The van der Waals surface area contributed by atoms with Gasteiger partial charge in [-0.3, -0.25) is 9.59 Å². The van der Waals surface area contributed by atoms with Crippen LogP contribution in [0.15, 0.2) is 72.8 Å². The molecule has 0 atom stereocenters. The van der Waals surface area contributed by atoms with Crippen LogP contribution in [0.3, 0.4) is 0 Å². The number of para-hydroxylation sites is 1. The maximum absolute atomic E-state index is 12.5. The smallest absolute Gasteiger partial charge is 0.255 e. The van der Waals surface area contributed by atoms with E-state index in [1.54, 1.807) is 60.7 Å².